The van der Waals surface area contributed by atoms with E-state index in [1.807, 2.05) is 42.5 Å². The highest BCUT2D eigenvalue weighted by molar-refractivity contribution is 7.99. The molecule has 3 rings (SSSR count). The van der Waals surface area contributed by atoms with Crippen LogP contribution in [0.1, 0.15) is 11.1 Å². The third-order valence-electron chi connectivity index (χ3n) is 2.74. The Morgan fingerprint density at radius 1 is 0.882 bits per heavy atom. The Morgan fingerprint density at radius 3 is 2.41 bits per heavy atom. The number of nitriles is 1. The number of fused-ring (bicyclic) bond motifs is 2. The highest BCUT2D eigenvalue weighted by atomic mass is 32.2. The van der Waals surface area contributed by atoms with Gasteiger partial charge in [0.1, 0.15) is 0 Å². The van der Waals surface area contributed by atoms with Gasteiger partial charge in [-0.2, -0.15) is 5.26 Å². The van der Waals surface area contributed by atoms with Gasteiger partial charge in [-0.25, -0.2) is 0 Å². The number of hydrogen-bond donors (Lipinski definition) is 0. The summed E-state index contributed by atoms with van der Waals surface area (Å²) in [6, 6.07) is 18.5. The highest BCUT2D eigenvalue weighted by Crippen LogP contribution is 2.39. The van der Waals surface area contributed by atoms with Crippen molar-refractivity contribution in [1.29, 1.82) is 5.26 Å². The maximum atomic E-state index is 9.26. The molecule has 0 atom stereocenters. The third kappa shape index (κ3) is 1.75. The molecule has 1 aliphatic heterocycles. The van der Waals surface area contributed by atoms with Gasteiger partial charge in [0.25, 0.3) is 0 Å². The number of benzene rings is 2. The summed E-state index contributed by atoms with van der Waals surface area (Å²) >= 11 is 1.72. The Balaban J connectivity index is 2.29. The Morgan fingerprint density at radius 2 is 1.59 bits per heavy atom. The zero-order valence-corrected chi connectivity index (χ0v) is 9.87. The van der Waals surface area contributed by atoms with Crippen molar-refractivity contribution in [3.8, 4) is 6.07 Å². The lowest BCUT2D eigenvalue weighted by Crippen LogP contribution is -1.82. The molecule has 2 aromatic carbocycles. The van der Waals surface area contributed by atoms with E-state index in [2.05, 4.69) is 18.2 Å². The van der Waals surface area contributed by atoms with Crippen molar-refractivity contribution in [3.63, 3.8) is 0 Å². The Kier molecular flexibility index (Phi) is 2.47. The standard InChI is InChI=1S/C15H9NS/c16-10-12-9-11-5-1-3-7-14(11)17-15-8-4-2-6-13(12)15/h1-9H. The molecule has 0 unspecified atom stereocenters. The Labute approximate surface area is 104 Å². The van der Waals surface area contributed by atoms with E-state index in [4.69, 9.17) is 0 Å². The first-order valence-corrected chi connectivity index (χ1v) is 6.18. The summed E-state index contributed by atoms with van der Waals surface area (Å²) in [5.41, 5.74) is 2.87. The number of allylic oxidation sites excluding steroid dienone is 1. The lowest BCUT2D eigenvalue weighted by atomic mass is 10.0. The summed E-state index contributed by atoms with van der Waals surface area (Å²) in [5.74, 6) is 0. The fourth-order valence-corrected chi connectivity index (χ4v) is 2.98. The summed E-state index contributed by atoms with van der Waals surface area (Å²) in [5, 5.41) is 9.26. The molecule has 80 valence electrons. The van der Waals surface area contributed by atoms with Gasteiger partial charge in [-0.15, -0.1) is 0 Å². The summed E-state index contributed by atoms with van der Waals surface area (Å²) in [6.07, 6.45) is 1.97. The molecule has 0 radical (unpaired) electrons. The van der Waals surface area contributed by atoms with Crippen LogP contribution in [0, 0.1) is 11.3 Å². The van der Waals surface area contributed by atoms with E-state index in [0.717, 1.165) is 21.6 Å². The predicted molar refractivity (Wildman–Crippen MR) is 70.5 cm³/mol. The zero-order chi connectivity index (χ0) is 11.7. The van der Waals surface area contributed by atoms with Crippen LogP contribution in [-0.2, 0) is 0 Å². The molecular weight excluding hydrogens is 226 g/mol. The Bertz CT molecular complexity index is 650. The van der Waals surface area contributed by atoms with E-state index in [1.165, 1.54) is 4.90 Å². The maximum Gasteiger partial charge on any atom is 0.0998 e. The van der Waals surface area contributed by atoms with Crippen LogP contribution in [0.3, 0.4) is 0 Å². The van der Waals surface area contributed by atoms with E-state index in [1.54, 1.807) is 11.8 Å². The SMILES string of the molecule is N#CC1=Cc2ccccc2Sc2ccccc21. The van der Waals surface area contributed by atoms with E-state index in [9.17, 15) is 5.26 Å². The van der Waals surface area contributed by atoms with Gasteiger partial charge in [-0.05, 0) is 23.8 Å². The molecule has 2 heteroatoms. The molecule has 0 fully saturated rings. The minimum absolute atomic E-state index is 0.734. The van der Waals surface area contributed by atoms with Gasteiger partial charge in [0.2, 0.25) is 0 Å². The second-order valence-corrected chi connectivity index (χ2v) is 4.89. The second-order valence-electron chi connectivity index (χ2n) is 3.81. The van der Waals surface area contributed by atoms with Crippen molar-refractivity contribution in [2.24, 2.45) is 0 Å². The van der Waals surface area contributed by atoms with Gasteiger partial charge in [-0.3, -0.25) is 0 Å². The van der Waals surface area contributed by atoms with Crippen molar-refractivity contribution in [2.75, 3.05) is 0 Å². The van der Waals surface area contributed by atoms with Gasteiger partial charge >= 0.3 is 0 Å². The van der Waals surface area contributed by atoms with Gasteiger partial charge < -0.3 is 0 Å². The van der Waals surface area contributed by atoms with Crippen LogP contribution in [0.25, 0.3) is 11.6 Å². The number of hydrogen-bond acceptors (Lipinski definition) is 2. The maximum absolute atomic E-state index is 9.26. The molecule has 0 amide bonds. The van der Waals surface area contributed by atoms with Crippen LogP contribution in [0.4, 0.5) is 0 Å². The predicted octanol–water partition coefficient (Wildman–Crippen LogP) is 4.22. The van der Waals surface area contributed by atoms with Gasteiger partial charge in [-0.1, -0.05) is 48.2 Å². The van der Waals surface area contributed by atoms with Crippen molar-refractivity contribution in [3.05, 3.63) is 59.7 Å². The van der Waals surface area contributed by atoms with Crippen LogP contribution in [-0.4, -0.2) is 0 Å². The Hall–Kier alpha value is -1.98. The summed E-state index contributed by atoms with van der Waals surface area (Å²) in [6.45, 7) is 0. The largest absolute Gasteiger partial charge is 0.192 e. The fraction of sp³-hybridized carbons (Fsp3) is 0. The summed E-state index contributed by atoms with van der Waals surface area (Å²) in [4.78, 5) is 2.34. The average molecular weight is 235 g/mol. The normalized spacial score (nSPS) is 12.8. The molecule has 0 aromatic heterocycles. The zero-order valence-electron chi connectivity index (χ0n) is 9.05. The quantitative estimate of drug-likeness (QED) is 0.682. The molecule has 0 N–H and O–H groups in total. The van der Waals surface area contributed by atoms with E-state index >= 15 is 0 Å². The molecule has 0 saturated heterocycles. The van der Waals surface area contributed by atoms with E-state index < -0.39 is 0 Å². The smallest absolute Gasteiger partial charge is 0.0998 e. The van der Waals surface area contributed by atoms with Gasteiger partial charge in [0.15, 0.2) is 0 Å². The fourth-order valence-electron chi connectivity index (χ4n) is 1.92. The second kappa shape index (κ2) is 4.12. The molecular formula is C15H9NS. The monoisotopic (exact) mass is 235 g/mol. The molecule has 1 heterocycles. The first-order valence-electron chi connectivity index (χ1n) is 5.36. The highest BCUT2D eigenvalue weighted by Gasteiger charge is 2.14. The van der Waals surface area contributed by atoms with Crippen LogP contribution in [0.2, 0.25) is 0 Å². The molecule has 17 heavy (non-hydrogen) atoms. The molecule has 2 aromatic rings. The number of nitrogens with zero attached hydrogens (tertiary/aromatic N) is 1. The molecule has 0 spiro atoms. The molecule has 0 aliphatic carbocycles. The summed E-state index contributed by atoms with van der Waals surface area (Å²) < 4.78 is 0. The minimum atomic E-state index is 0.734. The molecule has 0 saturated carbocycles. The number of rotatable bonds is 0. The first kappa shape index (κ1) is 10.2. The van der Waals surface area contributed by atoms with Crippen LogP contribution >= 0.6 is 11.8 Å². The first-order chi connectivity index (χ1) is 8.38. The molecule has 1 aliphatic rings. The summed E-state index contributed by atoms with van der Waals surface area (Å²) in [7, 11) is 0. The average Bonchev–Trinajstić information content (AvgIpc) is 2.54. The van der Waals surface area contributed by atoms with E-state index in [0.29, 0.717) is 0 Å². The van der Waals surface area contributed by atoms with Gasteiger partial charge in [0.05, 0.1) is 11.6 Å². The lowest BCUT2D eigenvalue weighted by molar-refractivity contribution is 1.38. The van der Waals surface area contributed by atoms with Crippen LogP contribution < -0.4 is 0 Å². The van der Waals surface area contributed by atoms with E-state index in [-0.39, 0.29) is 0 Å². The minimum Gasteiger partial charge on any atom is -0.192 e. The van der Waals surface area contributed by atoms with Crippen molar-refractivity contribution in [1.82, 2.24) is 0 Å². The van der Waals surface area contributed by atoms with Crippen molar-refractivity contribution >= 4 is 23.4 Å². The van der Waals surface area contributed by atoms with Crippen LogP contribution in [0.15, 0.2) is 58.3 Å². The molecule has 1 nitrogen and oxygen atoms in total. The third-order valence-corrected chi connectivity index (χ3v) is 3.90. The van der Waals surface area contributed by atoms with Crippen LogP contribution in [0.5, 0.6) is 0 Å². The van der Waals surface area contributed by atoms with Gasteiger partial charge in [0, 0.05) is 15.4 Å². The lowest BCUT2D eigenvalue weighted by Gasteiger charge is -2.04. The van der Waals surface area contributed by atoms with Crippen molar-refractivity contribution in [2.45, 2.75) is 9.79 Å². The molecule has 0 bridgehead atoms. The van der Waals surface area contributed by atoms with Crippen molar-refractivity contribution < 1.29 is 0 Å². The topological polar surface area (TPSA) is 23.8 Å².